The van der Waals surface area contributed by atoms with Gasteiger partial charge in [0.25, 0.3) is 5.95 Å². The standard InChI is InChI=1S/C17H22N6O/c1-2-23-10-8-14(9-11-23)19-17(24)21-16-20-15(12-18-22-16)13-6-4-3-5-7-13/h3-7,12,14H,2,8-11H2,1H3,(H2,19,20,21,22,24). The maximum Gasteiger partial charge on any atom is 0.321 e. The fourth-order valence-corrected chi connectivity index (χ4v) is 2.82. The minimum absolute atomic E-state index is 0.193. The molecule has 7 nitrogen and oxygen atoms in total. The van der Waals surface area contributed by atoms with Crippen LogP contribution in [-0.4, -0.2) is 51.8 Å². The maximum atomic E-state index is 12.1. The van der Waals surface area contributed by atoms with Crippen LogP contribution in [0.3, 0.4) is 0 Å². The third kappa shape index (κ3) is 4.26. The molecule has 0 unspecified atom stereocenters. The van der Waals surface area contributed by atoms with E-state index in [1.165, 1.54) is 0 Å². The number of hydrogen-bond donors (Lipinski definition) is 2. The van der Waals surface area contributed by atoms with Crippen LogP contribution in [0.25, 0.3) is 11.3 Å². The number of carbonyl (C=O) groups excluding carboxylic acids is 1. The highest BCUT2D eigenvalue weighted by molar-refractivity contribution is 5.87. The lowest BCUT2D eigenvalue weighted by Gasteiger charge is -2.31. The number of aromatic nitrogens is 3. The highest BCUT2D eigenvalue weighted by Crippen LogP contribution is 2.15. The van der Waals surface area contributed by atoms with Gasteiger partial charge in [-0.2, -0.15) is 5.10 Å². The molecule has 2 aromatic rings. The molecule has 2 N–H and O–H groups in total. The van der Waals surface area contributed by atoms with E-state index in [9.17, 15) is 4.79 Å². The SMILES string of the molecule is CCN1CCC(NC(=O)Nc2nncc(-c3ccccc3)n2)CC1. The Morgan fingerprint density at radius 2 is 2.00 bits per heavy atom. The van der Waals surface area contributed by atoms with Gasteiger partial charge in [-0.1, -0.05) is 37.3 Å². The largest absolute Gasteiger partial charge is 0.335 e. The van der Waals surface area contributed by atoms with Crippen LogP contribution in [-0.2, 0) is 0 Å². The molecule has 126 valence electrons. The Kier molecular flexibility index (Phi) is 5.32. The summed E-state index contributed by atoms with van der Waals surface area (Å²) >= 11 is 0. The molecule has 7 heteroatoms. The van der Waals surface area contributed by atoms with Crippen molar-refractivity contribution in [1.82, 2.24) is 25.4 Å². The lowest BCUT2D eigenvalue weighted by molar-refractivity contribution is 0.203. The number of nitrogens with zero attached hydrogens (tertiary/aromatic N) is 4. The van der Waals surface area contributed by atoms with Crippen molar-refractivity contribution in [3.8, 4) is 11.3 Å². The molecule has 0 spiro atoms. The fourth-order valence-electron chi connectivity index (χ4n) is 2.82. The Bertz CT molecular complexity index is 670. The van der Waals surface area contributed by atoms with Gasteiger partial charge in [0.1, 0.15) is 0 Å². The Balaban J connectivity index is 1.57. The zero-order chi connectivity index (χ0) is 16.8. The van der Waals surface area contributed by atoms with Crippen molar-refractivity contribution >= 4 is 12.0 Å². The molecule has 2 amide bonds. The molecule has 0 radical (unpaired) electrons. The summed E-state index contributed by atoms with van der Waals surface area (Å²) in [6.07, 6.45) is 3.51. The maximum absolute atomic E-state index is 12.1. The number of piperidine rings is 1. The third-order valence-corrected chi connectivity index (χ3v) is 4.22. The number of urea groups is 1. The Morgan fingerprint density at radius 3 is 2.71 bits per heavy atom. The van der Waals surface area contributed by atoms with Crippen LogP contribution in [0.15, 0.2) is 36.5 Å². The van der Waals surface area contributed by atoms with E-state index >= 15 is 0 Å². The molecule has 0 saturated carbocycles. The Hall–Kier alpha value is -2.54. The van der Waals surface area contributed by atoms with E-state index < -0.39 is 0 Å². The molecule has 1 aliphatic rings. The van der Waals surface area contributed by atoms with Crippen molar-refractivity contribution in [3.05, 3.63) is 36.5 Å². The van der Waals surface area contributed by atoms with Crippen LogP contribution in [0.1, 0.15) is 19.8 Å². The molecule has 1 aliphatic heterocycles. The van der Waals surface area contributed by atoms with Crippen LogP contribution < -0.4 is 10.6 Å². The Morgan fingerprint density at radius 1 is 1.25 bits per heavy atom. The van der Waals surface area contributed by atoms with Gasteiger partial charge in [0.15, 0.2) is 0 Å². The van der Waals surface area contributed by atoms with Crippen molar-refractivity contribution in [2.75, 3.05) is 25.0 Å². The highest BCUT2D eigenvalue weighted by Gasteiger charge is 2.20. The minimum Gasteiger partial charge on any atom is -0.335 e. The molecule has 1 fully saturated rings. The summed E-state index contributed by atoms with van der Waals surface area (Å²) in [6.45, 7) is 5.25. The highest BCUT2D eigenvalue weighted by atomic mass is 16.2. The second-order valence-corrected chi connectivity index (χ2v) is 5.84. The zero-order valence-corrected chi connectivity index (χ0v) is 13.8. The van der Waals surface area contributed by atoms with Gasteiger partial charge in [0.2, 0.25) is 0 Å². The topological polar surface area (TPSA) is 83.0 Å². The van der Waals surface area contributed by atoms with Gasteiger partial charge in [-0.3, -0.25) is 5.32 Å². The summed E-state index contributed by atoms with van der Waals surface area (Å²) < 4.78 is 0. The number of carbonyl (C=O) groups is 1. The van der Waals surface area contributed by atoms with E-state index in [4.69, 9.17) is 0 Å². The summed E-state index contributed by atoms with van der Waals surface area (Å²) in [7, 11) is 0. The molecule has 1 saturated heterocycles. The molecule has 3 rings (SSSR count). The summed E-state index contributed by atoms with van der Waals surface area (Å²) in [5, 5.41) is 13.5. The predicted molar refractivity (Wildman–Crippen MR) is 92.6 cm³/mol. The number of anilines is 1. The van der Waals surface area contributed by atoms with Crippen molar-refractivity contribution < 1.29 is 4.79 Å². The smallest absolute Gasteiger partial charge is 0.321 e. The molecule has 1 aromatic carbocycles. The summed E-state index contributed by atoms with van der Waals surface area (Å²) in [5.74, 6) is 0.208. The lowest BCUT2D eigenvalue weighted by atomic mass is 10.1. The first kappa shape index (κ1) is 16.3. The number of benzene rings is 1. The van der Waals surface area contributed by atoms with E-state index in [-0.39, 0.29) is 18.0 Å². The molecular formula is C17H22N6O. The number of likely N-dealkylation sites (tertiary alicyclic amines) is 1. The van der Waals surface area contributed by atoms with Crippen LogP contribution in [0, 0.1) is 0 Å². The van der Waals surface area contributed by atoms with E-state index in [1.807, 2.05) is 30.3 Å². The van der Waals surface area contributed by atoms with Gasteiger partial charge in [-0.15, -0.1) is 5.10 Å². The lowest BCUT2D eigenvalue weighted by Crippen LogP contribution is -2.46. The van der Waals surface area contributed by atoms with Gasteiger partial charge in [-0.05, 0) is 19.4 Å². The average Bonchev–Trinajstić information content (AvgIpc) is 2.63. The van der Waals surface area contributed by atoms with Crippen molar-refractivity contribution in [1.29, 1.82) is 0 Å². The Labute approximate surface area is 141 Å². The molecule has 0 bridgehead atoms. The predicted octanol–water partition coefficient (Wildman–Crippen LogP) is 2.14. The first-order valence-electron chi connectivity index (χ1n) is 8.29. The summed E-state index contributed by atoms with van der Waals surface area (Å²) in [6, 6.07) is 9.59. The average molecular weight is 326 g/mol. The normalized spacial score (nSPS) is 15.9. The molecule has 0 atom stereocenters. The van der Waals surface area contributed by atoms with Crippen LogP contribution >= 0.6 is 0 Å². The second-order valence-electron chi connectivity index (χ2n) is 5.84. The number of rotatable bonds is 4. The second kappa shape index (κ2) is 7.83. The first-order chi connectivity index (χ1) is 11.7. The third-order valence-electron chi connectivity index (χ3n) is 4.22. The number of hydrogen-bond acceptors (Lipinski definition) is 5. The quantitative estimate of drug-likeness (QED) is 0.899. The van der Waals surface area contributed by atoms with Crippen molar-refractivity contribution in [2.45, 2.75) is 25.8 Å². The number of amides is 2. The van der Waals surface area contributed by atoms with E-state index in [1.54, 1.807) is 6.20 Å². The molecule has 2 heterocycles. The van der Waals surface area contributed by atoms with E-state index in [0.29, 0.717) is 5.69 Å². The minimum atomic E-state index is -0.281. The van der Waals surface area contributed by atoms with Gasteiger partial charge < -0.3 is 10.2 Å². The van der Waals surface area contributed by atoms with Crippen LogP contribution in [0.5, 0.6) is 0 Å². The van der Waals surface area contributed by atoms with Crippen LogP contribution in [0.4, 0.5) is 10.7 Å². The molecule has 24 heavy (non-hydrogen) atoms. The van der Waals surface area contributed by atoms with Gasteiger partial charge >= 0.3 is 6.03 Å². The molecule has 1 aromatic heterocycles. The monoisotopic (exact) mass is 326 g/mol. The van der Waals surface area contributed by atoms with Gasteiger partial charge in [0, 0.05) is 24.7 Å². The molecule has 0 aliphatic carbocycles. The summed E-state index contributed by atoms with van der Waals surface area (Å²) in [5.41, 5.74) is 1.61. The fraction of sp³-hybridized carbons (Fsp3) is 0.412. The molecular weight excluding hydrogens is 304 g/mol. The zero-order valence-electron chi connectivity index (χ0n) is 13.8. The first-order valence-corrected chi connectivity index (χ1v) is 8.29. The van der Waals surface area contributed by atoms with Gasteiger partial charge in [-0.25, -0.2) is 9.78 Å². The van der Waals surface area contributed by atoms with E-state index in [0.717, 1.165) is 38.0 Å². The van der Waals surface area contributed by atoms with E-state index in [2.05, 4.69) is 37.6 Å². The van der Waals surface area contributed by atoms with Crippen molar-refractivity contribution in [2.24, 2.45) is 0 Å². The van der Waals surface area contributed by atoms with Crippen LogP contribution in [0.2, 0.25) is 0 Å². The van der Waals surface area contributed by atoms with Crippen molar-refractivity contribution in [3.63, 3.8) is 0 Å². The number of nitrogens with one attached hydrogen (secondary N) is 2. The summed E-state index contributed by atoms with van der Waals surface area (Å²) in [4.78, 5) is 18.9. The van der Waals surface area contributed by atoms with Gasteiger partial charge in [0.05, 0.1) is 11.9 Å².